The molecule has 2 aromatic carbocycles. The second-order valence-corrected chi connectivity index (χ2v) is 5.62. The number of benzene rings is 2. The van der Waals surface area contributed by atoms with Crippen molar-refractivity contribution in [3.05, 3.63) is 70.5 Å². The molecular formula is C17H17ClFNO3. The highest BCUT2D eigenvalue weighted by Crippen LogP contribution is 2.23. The van der Waals surface area contributed by atoms with Crippen LogP contribution in [-0.2, 0) is 4.79 Å². The molecule has 0 aromatic heterocycles. The fourth-order valence-corrected chi connectivity index (χ4v) is 2.41. The number of aliphatic hydroxyl groups is 2. The van der Waals surface area contributed by atoms with Crippen molar-refractivity contribution in [1.82, 2.24) is 5.32 Å². The van der Waals surface area contributed by atoms with Gasteiger partial charge in [0.2, 0.25) is 0 Å². The SMILES string of the molecule is C[C@H](NC(=O)[C@H](O)c1ccccc1Cl)[C@@H](O)c1ccc(F)cc1. The van der Waals surface area contributed by atoms with Crippen molar-refractivity contribution in [3.8, 4) is 0 Å². The van der Waals surface area contributed by atoms with E-state index >= 15 is 0 Å². The zero-order chi connectivity index (χ0) is 17.0. The summed E-state index contributed by atoms with van der Waals surface area (Å²) >= 11 is 5.95. The highest BCUT2D eigenvalue weighted by Gasteiger charge is 2.24. The lowest BCUT2D eigenvalue weighted by atomic mass is 10.0. The molecule has 2 rings (SSSR count). The summed E-state index contributed by atoms with van der Waals surface area (Å²) in [6.45, 7) is 1.59. The average Bonchev–Trinajstić information content (AvgIpc) is 2.54. The summed E-state index contributed by atoms with van der Waals surface area (Å²) in [6, 6.07) is 11.1. The molecule has 0 radical (unpaired) electrons. The predicted molar refractivity (Wildman–Crippen MR) is 85.4 cm³/mol. The highest BCUT2D eigenvalue weighted by molar-refractivity contribution is 6.31. The second kappa shape index (κ2) is 7.55. The van der Waals surface area contributed by atoms with E-state index in [2.05, 4.69) is 5.32 Å². The van der Waals surface area contributed by atoms with Gasteiger partial charge < -0.3 is 15.5 Å². The Balaban J connectivity index is 2.04. The Morgan fingerprint density at radius 1 is 1.13 bits per heavy atom. The minimum absolute atomic E-state index is 0.280. The van der Waals surface area contributed by atoms with E-state index in [1.807, 2.05) is 0 Å². The van der Waals surface area contributed by atoms with Crippen LogP contribution in [0.15, 0.2) is 48.5 Å². The molecule has 3 atom stereocenters. The zero-order valence-electron chi connectivity index (χ0n) is 12.4. The Hall–Kier alpha value is -1.95. The van der Waals surface area contributed by atoms with Gasteiger partial charge in [0.15, 0.2) is 6.10 Å². The fourth-order valence-electron chi connectivity index (χ4n) is 2.17. The van der Waals surface area contributed by atoms with Gasteiger partial charge in [0.05, 0.1) is 12.1 Å². The molecule has 0 saturated carbocycles. The zero-order valence-corrected chi connectivity index (χ0v) is 13.2. The number of nitrogens with one attached hydrogen (secondary N) is 1. The Kier molecular flexibility index (Phi) is 5.71. The van der Waals surface area contributed by atoms with Gasteiger partial charge in [0, 0.05) is 10.6 Å². The summed E-state index contributed by atoms with van der Waals surface area (Å²) < 4.78 is 12.9. The fraction of sp³-hybridized carbons (Fsp3) is 0.235. The summed E-state index contributed by atoms with van der Waals surface area (Å²) in [5, 5.41) is 23.1. The quantitative estimate of drug-likeness (QED) is 0.785. The van der Waals surface area contributed by atoms with Gasteiger partial charge in [-0.3, -0.25) is 4.79 Å². The molecule has 6 heteroatoms. The molecule has 23 heavy (non-hydrogen) atoms. The van der Waals surface area contributed by atoms with Crippen LogP contribution in [0.25, 0.3) is 0 Å². The topological polar surface area (TPSA) is 69.6 Å². The molecule has 0 aliphatic carbocycles. The Morgan fingerprint density at radius 2 is 1.74 bits per heavy atom. The van der Waals surface area contributed by atoms with Crippen molar-refractivity contribution in [3.63, 3.8) is 0 Å². The summed E-state index contributed by atoms with van der Waals surface area (Å²) in [4.78, 5) is 12.1. The van der Waals surface area contributed by atoms with Gasteiger partial charge in [-0.15, -0.1) is 0 Å². The number of aliphatic hydroxyl groups excluding tert-OH is 2. The highest BCUT2D eigenvalue weighted by atomic mass is 35.5. The molecule has 3 N–H and O–H groups in total. The maximum Gasteiger partial charge on any atom is 0.253 e. The van der Waals surface area contributed by atoms with Crippen molar-refractivity contribution in [2.24, 2.45) is 0 Å². The molecule has 0 fully saturated rings. The average molecular weight is 338 g/mol. The van der Waals surface area contributed by atoms with Gasteiger partial charge in [-0.05, 0) is 30.7 Å². The van der Waals surface area contributed by atoms with Crippen molar-refractivity contribution < 1.29 is 19.4 Å². The number of rotatable bonds is 5. The molecule has 0 aliphatic heterocycles. The van der Waals surface area contributed by atoms with Gasteiger partial charge in [0.25, 0.3) is 5.91 Å². The van der Waals surface area contributed by atoms with Gasteiger partial charge in [-0.2, -0.15) is 0 Å². The van der Waals surface area contributed by atoms with E-state index in [1.165, 1.54) is 24.3 Å². The Morgan fingerprint density at radius 3 is 2.35 bits per heavy atom. The van der Waals surface area contributed by atoms with Crippen LogP contribution >= 0.6 is 11.6 Å². The minimum atomic E-state index is -1.44. The van der Waals surface area contributed by atoms with Crippen molar-refractivity contribution in [2.75, 3.05) is 0 Å². The van der Waals surface area contributed by atoms with Crippen molar-refractivity contribution in [2.45, 2.75) is 25.2 Å². The van der Waals surface area contributed by atoms with E-state index in [-0.39, 0.29) is 10.6 Å². The monoisotopic (exact) mass is 337 g/mol. The second-order valence-electron chi connectivity index (χ2n) is 5.22. The first-order valence-electron chi connectivity index (χ1n) is 7.06. The van der Waals surface area contributed by atoms with E-state index < -0.39 is 30.0 Å². The van der Waals surface area contributed by atoms with Crippen LogP contribution in [0.2, 0.25) is 5.02 Å². The predicted octanol–water partition coefficient (Wildman–Crippen LogP) is 2.75. The Bertz CT molecular complexity index is 678. The first-order valence-corrected chi connectivity index (χ1v) is 7.44. The molecule has 0 spiro atoms. The van der Waals surface area contributed by atoms with Crippen LogP contribution in [0.1, 0.15) is 30.3 Å². The normalized spacial score (nSPS) is 14.8. The summed E-state index contributed by atoms with van der Waals surface area (Å²) in [7, 11) is 0. The number of carbonyl (C=O) groups excluding carboxylic acids is 1. The number of halogens is 2. The van der Waals surface area contributed by atoms with Crippen LogP contribution in [0.3, 0.4) is 0 Å². The Labute approximate surface area is 138 Å². The van der Waals surface area contributed by atoms with E-state index in [9.17, 15) is 19.4 Å². The molecule has 0 unspecified atom stereocenters. The van der Waals surface area contributed by atoms with E-state index in [0.717, 1.165) is 0 Å². The summed E-state index contributed by atoms with van der Waals surface area (Å²) in [5.41, 5.74) is 0.751. The summed E-state index contributed by atoms with van der Waals surface area (Å²) in [5.74, 6) is -1.08. The van der Waals surface area contributed by atoms with Crippen LogP contribution < -0.4 is 5.32 Å². The smallest absolute Gasteiger partial charge is 0.253 e. The van der Waals surface area contributed by atoms with Gasteiger partial charge in [0.1, 0.15) is 5.82 Å². The standard InChI is InChI=1S/C17H17ClFNO3/c1-10(15(21)11-6-8-12(19)9-7-11)20-17(23)16(22)13-4-2-3-5-14(13)18/h2-10,15-16,21-22H,1H3,(H,20,23)/t10-,15+,16+/m0/s1. The molecule has 1 amide bonds. The maximum atomic E-state index is 12.9. The van der Waals surface area contributed by atoms with Gasteiger partial charge in [-0.1, -0.05) is 41.9 Å². The summed E-state index contributed by atoms with van der Waals surface area (Å²) in [6.07, 6.45) is -2.47. The third-order valence-electron chi connectivity index (χ3n) is 3.50. The van der Waals surface area contributed by atoms with Crippen molar-refractivity contribution >= 4 is 17.5 Å². The largest absolute Gasteiger partial charge is 0.386 e. The van der Waals surface area contributed by atoms with Crippen LogP contribution in [0.4, 0.5) is 4.39 Å². The lowest BCUT2D eigenvalue weighted by Crippen LogP contribution is -2.40. The van der Waals surface area contributed by atoms with Gasteiger partial charge in [-0.25, -0.2) is 4.39 Å². The molecule has 122 valence electrons. The van der Waals surface area contributed by atoms with E-state index in [0.29, 0.717) is 5.56 Å². The maximum absolute atomic E-state index is 12.9. The first-order chi connectivity index (χ1) is 10.9. The molecule has 0 aliphatic rings. The lowest BCUT2D eigenvalue weighted by molar-refractivity contribution is -0.131. The minimum Gasteiger partial charge on any atom is -0.386 e. The molecular weight excluding hydrogens is 321 g/mol. The molecule has 4 nitrogen and oxygen atoms in total. The van der Waals surface area contributed by atoms with E-state index in [1.54, 1.807) is 31.2 Å². The third-order valence-corrected chi connectivity index (χ3v) is 3.85. The molecule has 0 heterocycles. The number of amides is 1. The van der Waals surface area contributed by atoms with Crippen LogP contribution in [0, 0.1) is 5.82 Å². The van der Waals surface area contributed by atoms with Crippen LogP contribution in [0.5, 0.6) is 0 Å². The molecule has 0 saturated heterocycles. The molecule has 0 bridgehead atoms. The lowest BCUT2D eigenvalue weighted by Gasteiger charge is -2.22. The van der Waals surface area contributed by atoms with E-state index in [4.69, 9.17) is 11.6 Å². The number of carbonyl (C=O) groups is 1. The van der Waals surface area contributed by atoms with Crippen LogP contribution in [-0.4, -0.2) is 22.2 Å². The first kappa shape index (κ1) is 17.4. The van der Waals surface area contributed by atoms with Gasteiger partial charge >= 0.3 is 0 Å². The third kappa shape index (κ3) is 4.28. The number of hydrogen-bond donors (Lipinski definition) is 3. The van der Waals surface area contributed by atoms with Crippen molar-refractivity contribution in [1.29, 1.82) is 0 Å². The molecule has 2 aromatic rings. The number of hydrogen-bond acceptors (Lipinski definition) is 3.